The summed E-state index contributed by atoms with van der Waals surface area (Å²) in [7, 11) is 0. The van der Waals surface area contributed by atoms with Gasteiger partial charge in [-0.3, -0.25) is 4.79 Å². The minimum Gasteiger partial charge on any atom is -0.498 e. The Morgan fingerprint density at radius 2 is 1.64 bits per heavy atom. The summed E-state index contributed by atoms with van der Waals surface area (Å²) in [6.07, 6.45) is 13.1. The Labute approximate surface area is 153 Å². The third kappa shape index (κ3) is 3.98. The van der Waals surface area contributed by atoms with E-state index in [9.17, 15) is 4.79 Å². The summed E-state index contributed by atoms with van der Waals surface area (Å²) < 4.78 is 5.87. The van der Waals surface area contributed by atoms with Crippen molar-refractivity contribution in [3.05, 3.63) is 12.3 Å². The second-order valence-electron chi connectivity index (χ2n) is 10.5. The Balaban J connectivity index is 1.09. The van der Waals surface area contributed by atoms with Crippen LogP contribution in [0.5, 0.6) is 0 Å². The zero-order valence-electron chi connectivity index (χ0n) is 16.3. The second-order valence-corrected chi connectivity index (χ2v) is 10.5. The fourth-order valence-electron chi connectivity index (χ4n) is 5.84. The second kappa shape index (κ2) is 6.43. The molecule has 4 rings (SSSR count). The van der Waals surface area contributed by atoms with Gasteiger partial charge in [-0.15, -0.1) is 0 Å². The van der Waals surface area contributed by atoms with Crippen LogP contribution >= 0.6 is 0 Å². The first-order valence-corrected chi connectivity index (χ1v) is 10.7. The van der Waals surface area contributed by atoms with E-state index >= 15 is 0 Å². The lowest BCUT2D eigenvalue weighted by molar-refractivity contribution is -0.119. The van der Waals surface area contributed by atoms with Crippen LogP contribution in [0.15, 0.2) is 12.3 Å². The molecule has 0 aliphatic heterocycles. The third-order valence-electron chi connectivity index (χ3n) is 8.31. The van der Waals surface area contributed by atoms with Crippen LogP contribution in [0.4, 0.5) is 0 Å². The minimum atomic E-state index is 0.326. The first-order valence-electron chi connectivity index (χ1n) is 10.7. The van der Waals surface area contributed by atoms with Crippen molar-refractivity contribution in [1.82, 2.24) is 0 Å². The van der Waals surface area contributed by atoms with Crippen molar-refractivity contribution in [3.8, 4) is 0 Å². The van der Waals surface area contributed by atoms with Gasteiger partial charge in [0.25, 0.3) is 0 Å². The minimum absolute atomic E-state index is 0.326. The maximum Gasteiger partial charge on any atom is 0.140 e. The zero-order valence-corrected chi connectivity index (χ0v) is 16.3. The van der Waals surface area contributed by atoms with Crippen molar-refractivity contribution in [3.63, 3.8) is 0 Å². The molecule has 0 aromatic carbocycles. The fourth-order valence-corrected chi connectivity index (χ4v) is 5.84. The quantitative estimate of drug-likeness (QED) is 0.512. The summed E-state index contributed by atoms with van der Waals surface area (Å²) in [5.74, 6) is 4.40. The normalized spacial score (nSPS) is 44.4. The number of carbonyl (C=O) groups is 1. The number of rotatable bonds is 8. The summed E-state index contributed by atoms with van der Waals surface area (Å²) in [5, 5.41) is 0. The van der Waals surface area contributed by atoms with Gasteiger partial charge in [-0.1, -0.05) is 20.4 Å². The van der Waals surface area contributed by atoms with E-state index in [1.807, 2.05) is 0 Å². The van der Waals surface area contributed by atoms with Crippen molar-refractivity contribution in [2.45, 2.75) is 84.5 Å². The molecule has 0 N–H and O–H groups in total. The average Bonchev–Trinajstić information content (AvgIpc) is 3.43. The molecule has 0 aromatic heterocycles. The maximum absolute atomic E-state index is 12.3. The highest BCUT2D eigenvalue weighted by Gasteiger charge is 2.53. The van der Waals surface area contributed by atoms with E-state index in [4.69, 9.17) is 4.74 Å². The van der Waals surface area contributed by atoms with Gasteiger partial charge >= 0.3 is 0 Å². The van der Waals surface area contributed by atoms with Crippen LogP contribution in [0.3, 0.4) is 0 Å². The predicted octanol–water partition coefficient (Wildman–Crippen LogP) is 5.91. The van der Waals surface area contributed by atoms with Gasteiger partial charge in [-0.05, 0) is 92.3 Å². The molecule has 2 heteroatoms. The summed E-state index contributed by atoms with van der Waals surface area (Å²) >= 11 is 0. The van der Waals surface area contributed by atoms with E-state index in [1.54, 1.807) is 0 Å². The molecule has 4 aliphatic carbocycles. The number of carbonyl (C=O) groups excluding carboxylic acids is 1. The number of hydrogen-bond acceptors (Lipinski definition) is 2. The Morgan fingerprint density at radius 1 is 1.04 bits per heavy atom. The van der Waals surface area contributed by atoms with Gasteiger partial charge in [-0.25, -0.2) is 0 Å². The zero-order chi connectivity index (χ0) is 17.7. The smallest absolute Gasteiger partial charge is 0.140 e. The van der Waals surface area contributed by atoms with Gasteiger partial charge in [0.2, 0.25) is 0 Å². The van der Waals surface area contributed by atoms with E-state index in [-0.39, 0.29) is 0 Å². The SMILES string of the molecule is C=C(CC(=O)CCC1CCC2(C)CC2C1)OCC1CCC2(C)CC2C1. The number of Topliss-reactive ketones (excluding diaryl/α,β-unsaturated/α-hetero) is 1. The molecule has 0 aromatic rings. The molecule has 4 fully saturated rings. The Morgan fingerprint density at radius 3 is 2.28 bits per heavy atom. The van der Waals surface area contributed by atoms with Crippen molar-refractivity contribution in [2.24, 2.45) is 34.5 Å². The lowest BCUT2D eigenvalue weighted by Crippen LogP contribution is -2.19. The molecule has 140 valence electrons. The lowest BCUT2D eigenvalue weighted by atomic mass is 9.80. The number of ether oxygens (including phenoxy) is 1. The number of fused-ring (bicyclic) bond motifs is 2. The van der Waals surface area contributed by atoms with Crippen LogP contribution in [0.1, 0.15) is 84.5 Å². The van der Waals surface area contributed by atoms with Crippen LogP contribution in [0.2, 0.25) is 0 Å². The van der Waals surface area contributed by atoms with Crippen molar-refractivity contribution < 1.29 is 9.53 Å². The summed E-state index contributed by atoms with van der Waals surface area (Å²) in [6, 6.07) is 0. The molecule has 25 heavy (non-hydrogen) atoms. The highest BCUT2D eigenvalue weighted by atomic mass is 16.5. The lowest BCUT2D eigenvalue weighted by Gasteiger charge is -2.26. The molecular weight excluding hydrogens is 308 g/mol. The highest BCUT2D eigenvalue weighted by Crippen LogP contribution is 2.63. The molecule has 6 atom stereocenters. The Bertz CT molecular complexity index is 504. The molecule has 0 radical (unpaired) electrons. The largest absolute Gasteiger partial charge is 0.498 e. The van der Waals surface area contributed by atoms with Gasteiger partial charge in [0, 0.05) is 6.42 Å². The van der Waals surface area contributed by atoms with Crippen molar-refractivity contribution in [2.75, 3.05) is 6.61 Å². The molecule has 0 heterocycles. The maximum atomic E-state index is 12.3. The topological polar surface area (TPSA) is 26.3 Å². The van der Waals surface area contributed by atoms with Crippen molar-refractivity contribution >= 4 is 5.78 Å². The molecular formula is C23H36O2. The number of ketones is 1. The van der Waals surface area contributed by atoms with E-state index in [0.29, 0.717) is 34.7 Å². The predicted molar refractivity (Wildman–Crippen MR) is 101 cm³/mol. The summed E-state index contributed by atoms with van der Waals surface area (Å²) in [5.41, 5.74) is 1.35. The van der Waals surface area contributed by atoms with Crippen LogP contribution < -0.4 is 0 Å². The molecule has 0 amide bonds. The van der Waals surface area contributed by atoms with E-state index in [2.05, 4.69) is 20.4 Å². The molecule has 0 spiro atoms. The molecule has 0 saturated heterocycles. The van der Waals surface area contributed by atoms with E-state index < -0.39 is 0 Å². The highest BCUT2D eigenvalue weighted by molar-refractivity contribution is 5.80. The first kappa shape index (κ1) is 17.6. The van der Waals surface area contributed by atoms with E-state index in [1.165, 1.54) is 51.4 Å². The van der Waals surface area contributed by atoms with Crippen molar-refractivity contribution in [1.29, 1.82) is 0 Å². The summed E-state index contributed by atoms with van der Waals surface area (Å²) in [6.45, 7) is 9.65. The monoisotopic (exact) mass is 344 g/mol. The number of allylic oxidation sites excluding steroid dienone is 1. The Hall–Kier alpha value is -0.790. The van der Waals surface area contributed by atoms with Crippen LogP contribution in [-0.4, -0.2) is 12.4 Å². The van der Waals surface area contributed by atoms with Crippen LogP contribution in [0, 0.1) is 34.5 Å². The average molecular weight is 345 g/mol. The molecule has 2 nitrogen and oxygen atoms in total. The van der Waals surface area contributed by atoms with Gasteiger partial charge in [0.1, 0.15) is 5.78 Å². The van der Waals surface area contributed by atoms with Gasteiger partial charge in [0.15, 0.2) is 0 Å². The summed E-state index contributed by atoms with van der Waals surface area (Å²) in [4.78, 5) is 12.3. The standard InChI is InChI=1S/C23H36O2/c1-16(25-15-18-7-9-23(3)14-20(23)12-18)10-21(24)5-4-17-6-8-22(2)13-19(22)11-17/h17-20H,1,4-15H2,2-3H3. The first-order chi connectivity index (χ1) is 11.9. The number of hydrogen-bond donors (Lipinski definition) is 0. The van der Waals surface area contributed by atoms with Gasteiger partial charge in [-0.2, -0.15) is 0 Å². The van der Waals surface area contributed by atoms with E-state index in [0.717, 1.165) is 37.2 Å². The fraction of sp³-hybridized carbons (Fsp3) is 0.870. The molecule has 0 bridgehead atoms. The van der Waals surface area contributed by atoms with Crippen LogP contribution in [0.25, 0.3) is 0 Å². The molecule has 6 unspecified atom stereocenters. The van der Waals surface area contributed by atoms with Gasteiger partial charge < -0.3 is 4.74 Å². The third-order valence-corrected chi connectivity index (χ3v) is 8.31. The van der Waals surface area contributed by atoms with Gasteiger partial charge in [0.05, 0.1) is 18.8 Å². The van der Waals surface area contributed by atoms with Crippen LogP contribution in [-0.2, 0) is 9.53 Å². The molecule has 4 saturated carbocycles. The molecule has 4 aliphatic rings. The Kier molecular flexibility index (Phi) is 4.53.